The van der Waals surface area contributed by atoms with E-state index in [0.29, 0.717) is 51.8 Å². The van der Waals surface area contributed by atoms with Crippen LogP contribution in [0.3, 0.4) is 0 Å². The highest BCUT2D eigenvalue weighted by molar-refractivity contribution is 5.89. The third-order valence-corrected chi connectivity index (χ3v) is 5.88. The van der Waals surface area contributed by atoms with Crippen LogP contribution < -0.4 is 20.9 Å². The van der Waals surface area contributed by atoms with Gasteiger partial charge in [-0.1, -0.05) is 6.07 Å². The number of halogens is 3. The fourth-order valence-electron chi connectivity index (χ4n) is 4.14. The standard InChI is InChI=1S/C22H28F3N7O2/c1-26-20-27-6-4-19(30-20)32-7-5-17(14-32)29-21(33)28-16-3-2-15(18(12-16)22(23,24)25)13-31-8-10-34-11-9-31/h2-4,6,12,17H,5,7-11,13-14H2,1H3,(H,26,27,30)(H2,28,29,33). The number of carbonyl (C=O) groups is 1. The van der Waals surface area contributed by atoms with Crippen molar-refractivity contribution in [3.8, 4) is 0 Å². The molecule has 2 aromatic rings. The lowest BCUT2D eigenvalue weighted by atomic mass is 10.0. The number of aromatic nitrogens is 2. The minimum atomic E-state index is -4.52. The summed E-state index contributed by atoms with van der Waals surface area (Å²) < 4.78 is 46.4. The SMILES string of the molecule is CNc1nccc(N2CCC(NC(=O)Nc3ccc(CN4CCOCC4)c(C(F)(F)F)c3)C2)n1. The third-order valence-electron chi connectivity index (χ3n) is 5.88. The van der Waals surface area contributed by atoms with Crippen LogP contribution in [0.1, 0.15) is 17.5 Å². The molecule has 4 rings (SSSR count). The first kappa shape index (κ1) is 24.0. The quantitative estimate of drug-likeness (QED) is 0.587. The summed E-state index contributed by atoms with van der Waals surface area (Å²) in [7, 11) is 1.73. The topological polar surface area (TPSA) is 94.7 Å². The molecule has 184 valence electrons. The average Bonchev–Trinajstić information content (AvgIpc) is 3.28. The van der Waals surface area contributed by atoms with Crippen molar-refractivity contribution in [3.63, 3.8) is 0 Å². The van der Waals surface area contributed by atoms with E-state index in [0.717, 1.165) is 11.9 Å². The van der Waals surface area contributed by atoms with Gasteiger partial charge in [0.2, 0.25) is 5.95 Å². The zero-order chi connectivity index (χ0) is 24.1. The van der Waals surface area contributed by atoms with Crippen LogP contribution in [-0.2, 0) is 17.5 Å². The first-order valence-electron chi connectivity index (χ1n) is 11.2. The molecule has 34 heavy (non-hydrogen) atoms. The Labute approximate surface area is 195 Å². The van der Waals surface area contributed by atoms with Crippen molar-refractivity contribution < 1.29 is 22.7 Å². The van der Waals surface area contributed by atoms with Crippen LogP contribution in [0, 0.1) is 0 Å². The molecule has 0 spiro atoms. The maximum absolute atomic E-state index is 13.7. The van der Waals surface area contributed by atoms with Crippen molar-refractivity contribution in [1.82, 2.24) is 20.2 Å². The van der Waals surface area contributed by atoms with E-state index in [2.05, 4.69) is 25.9 Å². The third kappa shape index (κ3) is 6.06. The second-order valence-corrected chi connectivity index (χ2v) is 8.28. The Balaban J connectivity index is 1.36. The Morgan fingerprint density at radius 2 is 2.00 bits per heavy atom. The van der Waals surface area contributed by atoms with Crippen molar-refractivity contribution in [2.75, 3.05) is 62.0 Å². The number of anilines is 3. The maximum atomic E-state index is 13.7. The maximum Gasteiger partial charge on any atom is 0.416 e. The van der Waals surface area contributed by atoms with E-state index in [9.17, 15) is 18.0 Å². The summed E-state index contributed by atoms with van der Waals surface area (Å²) in [6.07, 6.45) is -2.17. The number of benzene rings is 1. The highest BCUT2D eigenvalue weighted by atomic mass is 19.4. The normalized spacial score (nSPS) is 19.2. The summed E-state index contributed by atoms with van der Waals surface area (Å²) in [5, 5.41) is 8.27. The molecule has 1 atom stereocenters. The van der Waals surface area contributed by atoms with Crippen LogP contribution in [0.2, 0.25) is 0 Å². The number of nitrogens with zero attached hydrogens (tertiary/aromatic N) is 4. The molecule has 0 bridgehead atoms. The molecular formula is C22H28F3N7O2. The van der Waals surface area contributed by atoms with E-state index in [-0.39, 0.29) is 23.8 Å². The number of morpholine rings is 1. The number of rotatable bonds is 6. The number of hydrogen-bond donors (Lipinski definition) is 3. The van der Waals surface area contributed by atoms with Crippen LogP contribution in [0.5, 0.6) is 0 Å². The van der Waals surface area contributed by atoms with E-state index < -0.39 is 17.8 Å². The predicted octanol–water partition coefficient (Wildman–Crippen LogP) is 2.77. The summed E-state index contributed by atoms with van der Waals surface area (Å²) in [4.78, 5) is 24.9. The summed E-state index contributed by atoms with van der Waals surface area (Å²) in [6.45, 7) is 3.61. The Bertz CT molecular complexity index is 999. The van der Waals surface area contributed by atoms with Crippen LogP contribution in [0.25, 0.3) is 0 Å². The molecule has 0 radical (unpaired) electrons. The lowest BCUT2D eigenvalue weighted by Crippen LogP contribution is -2.40. The largest absolute Gasteiger partial charge is 0.416 e. The molecule has 1 aromatic carbocycles. The lowest BCUT2D eigenvalue weighted by Gasteiger charge is -2.28. The van der Waals surface area contributed by atoms with Crippen LogP contribution in [-0.4, -0.2) is 73.4 Å². The Kier molecular flexibility index (Phi) is 7.37. The van der Waals surface area contributed by atoms with Gasteiger partial charge in [0, 0.05) is 57.7 Å². The van der Waals surface area contributed by atoms with Gasteiger partial charge in [0.25, 0.3) is 0 Å². The summed E-state index contributed by atoms with van der Waals surface area (Å²) in [5.74, 6) is 1.25. The highest BCUT2D eigenvalue weighted by Gasteiger charge is 2.34. The summed E-state index contributed by atoms with van der Waals surface area (Å²) >= 11 is 0. The van der Waals surface area contributed by atoms with E-state index in [4.69, 9.17) is 4.74 Å². The second kappa shape index (κ2) is 10.4. The van der Waals surface area contributed by atoms with Gasteiger partial charge in [0.05, 0.1) is 18.8 Å². The predicted molar refractivity (Wildman–Crippen MR) is 122 cm³/mol. The molecular weight excluding hydrogens is 451 g/mol. The van der Waals surface area contributed by atoms with Crippen molar-refractivity contribution in [2.45, 2.75) is 25.2 Å². The zero-order valence-electron chi connectivity index (χ0n) is 18.9. The van der Waals surface area contributed by atoms with E-state index in [1.54, 1.807) is 19.3 Å². The van der Waals surface area contributed by atoms with Gasteiger partial charge in [-0.05, 0) is 30.2 Å². The number of alkyl halides is 3. The molecule has 2 saturated heterocycles. The van der Waals surface area contributed by atoms with Gasteiger partial charge >= 0.3 is 12.2 Å². The van der Waals surface area contributed by atoms with Gasteiger partial charge in [-0.2, -0.15) is 18.2 Å². The van der Waals surface area contributed by atoms with Crippen molar-refractivity contribution >= 4 is 23.5 Å². The first-order chi connectivity index (χ1) is 16.3. The molecule has 2 fully saturated rings. The fraction of sp³-hybridized carbons (Fsp3) is 0.500. The van der Waals surface area contributed by atoms with Gasteiger partial charge in [-0.15, -0.1) is 0 Å². The Morgan fingerprint density at radius 3 is 2.74 bits per heavy atom. The van der Waals surface area contributed by atoms with Gasteiger partial charge < -0.3 is 25.6 Å². The van der Waals surface area contributed by atoms with E-state index in [1.165, 1.54) is 12.1 Å². The van der Waals surface area contributed by atoms with Crippen molar-refractivity contribution in [1.29, 1.82) is 0 Å². The number of amides is 2. The molecule has 2 aliphatic heterocycles. The summed E-state index contributed by atoms with van der Waals surface area (Å²) in [5.41, 5.74) is -0.467. The molecule has 1 unspecified atom stereocenters. The number of urea groups is 1. The number of hydrogen-bond acceptors (Lipinski definition) is 7. The summed E-state index contributed by atoms with van der Waals surface area (Å²) in [6, 6.07) is 5.03. The molecule has 2 amide bonds. The number of nitrogens with one attached hydrogen (secondary N) is 3. The Hall–Kier alpha value is -3.12. The number of carbonyl (C=O) groups excluding carboxylic acids is 1. The van der Waals surface area contributed by atoms with Crippen molar-refractivity contribution in [2.24, 2.45) is 0 Å². The van der Waals surface area contributed by atoms with E-state index >= 15 is 0 Å². The minimum Gasteiger partial charge on any atom is -0.379 e. The monoisotopic (exact) mass is 479 g/mol. The molecule has 0 aliphatic carbocycles. The fourth-order valence-corrected chi connectivity index (χ4v) is 4.14. The molecule has 1 aromatic heterocycles. The first-order valence-corrected chi connectivity index (χ1v) is 11.2. The molecule has 9 nitrogen and oxygen atoms in total. The smallest absolute Gasteiger partial charge is 0.379 e. The van der Waals surface area contributed by atoms with Gasteiger partial charge in [-0.25, -0.2) is 9.78 Å². The minimum absolute atomic E-state index is 0.0971. The second-order valence-electron chi connectivity index (χ2n) is 8.28. The van der Waals surface area contributed by atoms with Crippen LogP contribution >= 0.6 is 0 Å². The molecule has 3 N–H and O–H groups in total. The zero-order valence-corrected chi connectivity index (χ0v) is 18.9. The Morgan fingerprint density at radius 1 is 1.21 bits per heavy atom. The van der Waals surface area contributed by atoms with Gasteiger partial charge in [0.1, 0.15) is 5.82 Å². The molecule has 0 saturated carbocycles. The molecule has 2 aliphatic rings. The average molecular weight is 480 g/mol. The number of ether oxygens (including phenoxy) is 1. The van der Waals surface area contributed by atoms with Crippen LogP contribution in [0.15, 0.2) is 30.5 Å². The highest BCUT2D eigenvalue weighted by Crippen LogP contribution is 2.34. The molecule has 3 heterocycles. The molecule has 12 heteroatoms. The van der Waals surface area contributed by atoms with Crippen molar-refractivity contribution in [3.05, 3.63) is 41.6 Å². The van der Waals surface area contributed by atoms with Crippen LogP contribution in [0.4, 0.5) is 35.4 Å². The van der Waals surface area contributed by atoms with Gasteiger partial charge in [0.15, 0.2) is 0 Å². The lowest BCUT2D eigenvalue weighted by molar-refractivity contribution is -0.138. The van der Waals surface area contributed by atoms with Gasteiger partial charge in [-0.3, -0.25) is 4.90 Å². The van der Waals surface area contributed by atoms with E-state index in [1.807, 2.05) is 9.80 Å².